The third-order valence-electron chi connectivity index (χ3n) is 2.59. The topological polar surface area (TPSA) is 50.1 Å². The molecule has 2 aromatic carbocycles. The molecule has 3 nitrogen and oxygen atoms in total. The molecule has 0 N–H and O–H groups in total. The minimum atomic E-state index is -0.660. The van der Waals surface area contributed by atoms with Crippen LogP contribution in [-0.2, 0) is 0 Å². The summed E-state index contributed by atoms with van der Waals surface area (Å²) in [7, 11) is 0. The number of carbonyl (C=O) groups is 1. The van der Waals surface area contributed by atoms with Crippen molar-refractivity contribution < 1.29 is 13.9 Å². The van der Waals surface area contributed by atoms with E-state index in [9.17, 15) is 9.18 Å². The van der Waals surface area contributed by atoms with Crippen molar-refractivity contribution in [3.63, 3.8) is 0 Å². The van der Waals surface area contributed by atoms with Gasteiger partial charge in [0.2, 0.25) is 0 Å². The van der Waals surface area contributed by atoms with Crippen molar-refractivity contribution in [1.29, 1.82) is 5.26 Å². The Balaban J connectivity index is 2.04. The Kier molecular flexibility index (Phi) is 4.49. The first kappa shape index (κ1) is 14.2. The second-order valence-electron chi connectivity index (χ2n) is 3.98. The summed E-state index contributed by atoms with van der Waals surface area (Å²) in [5.41, 5.74) is 0.691. The molecule has 0 radical (unpaired) electrons. The highest BCUT2D eigenvalue weighted by atomic mass is 79.9. The van der Waals surface area contributed by atoms with Gasteiger partial charge in [0.25, 0.3) is 0 Å². The van der Waals surface area contributed by atoms with Crippen LogP contribution in [0.4, 0.5) is 4.39 Å². The Morgan fingerprint density at radius 2 is 1.95 bits per heavy atom. The smallest absolute Gasteiger partial charge is 0.200 e. The molecular formula is C15H9BrFNO2. The van der Waals surface area contributed by atoms with E-state index in [4.69, 9.17) is 10.00 Å². The van der Waals surface area contributed by atoms with E-state index in [1.54, 1.807) is 24.3 Å². The Morgan fingerprint density at radius 1 is 1.25 bits per heavy atom. The Labute approximate surface area is 123 Å². The lowest BCUT2D eigenvalue weighted by atomic mass is 10.1. The zero-order chi connectivity index (χ0) is 14.5. The van der Waals surface area contributed by atoms with Crippen LogP contribution in [0.1, 0.15) is 15.9 Å². The number of nitriles is 1. The van der Waals surface area contributed by atoms with E-state index in [1.807, 2.05) is 6.07 Å². The Hall–Kier alpha value is -2.19. The van der Waals surface area contributed by atoms with Gasteiger partial charge in [-0.15, -0.1) is 0 Å². The lowest BCUT2D eigenvalue weighted by Gasteiger charge is -2.06. The number of halogens is 2. The van der Waals surface area contributed by atoms with E-state index in [0.717, 1.165) is 10.5 Å². The summed E-state index contributed by atoms with van der Waals surface area (Å²) in [6.45, 7) is -0.259. The fourth-order valence-electron chi connectivity index (χ4n) is 1.55. The summed E-state index contributed by atoms with van der Waals surface area (Å²) in [4.78, 5) is 11.8. The third-order valence-corrected chi connectivity index (χ3v) is 3.11. The maximum atomic E-state index is 13.5. The molecule has 2 rings (SSSR count). The zero-order valence-electron chi connectivity index (χ0n) is 10.3. The van der Waals surface area contributed by atoms with E-state index >= 15 is 0 Å². The van der Waals surface area contributed by atoms with Crippen LogP contribution < -0.4 is 4.74 Å². The van der Waals surface area contributed by atoms with E-state index in [1.165, 1.54) is 12.1 Å². The molecule has 0 aliphatic rings. The van der Waals surface area contributed by atoms with Crippen molar-refractivity contribution in [2.45, 2.75) is 0 Å². The number of hydrogen-bond donors (Lipinski definition) is 0. The highest BCUT2D eigenvalue weighted by Crippen LogP contribution is 2.18. The van der Waals surface area contributed by atoms with Gasteiger partial charge < -0.3 is 4.74 Å². The molecule has 0 fully saturated rings. The second kappa shape index (κ2) is 6.31. The van der Waals surface area contributed by atoms with Crippen LogP contribution in [0.2, 0.25) is 0 Å². The summed E-state index contributed by atoms with van der Waals surface area (Å²) < 4.78 is 19.6. The van der Waals surface area contributed by atoms with Gasteiger partial charge in [-0.05, 0) is 30.3 Å². The van der Waals surface area contributed by atoms with Crippen LogP contribution in [0.25, 0.3) is 0 Å². The predicted octanol–water partition coefficient (Wildman–Crippen LogP) is 3.72. The van der Waals surface area contributed by atoms with Gasteiger partial charge in [0.15, 0.2) is 24.0 Å². The molecule has 0 atom stereocenters. The minimum Gasteiger partial charge on any atom is -0.482 e. The molecule has 0 unspecified atom stereocenters. The molecule has 0 saturated carbocycles. The third kappa shape index (κ3) is 3.43. The molecular weight excluding hydrogens is 325 g/mol. The quantitative estimate of drug-likeness (QED) is 0.801. The van der Waals surface area contributed by atoms with E-state index < -0.39 is 5.82 Å². The van der Waals surface area contributed by atoms with Crippen molar-refractivity contribution in [2.24, 2.45) is 0 Å². The molecule has 5 heteroatoms. The molecule has 0 aliphatic carbocycles. The molecule has 0 amide bonds. The highest BCUT2D eigenvalue weighted by molar-refractivity contribution is 9.10. The average molecular weight is 334 g/mol. The van der Waals surface area contributed by atoms with Gasteiger partial charge in [-0.2, -0.15) is 5.26 Å². The maximum Gasteiger partial charge on any atom is 0.200 e. The summed E-state index contributed by atoms with van der Waals surface area (Å²) >= 11 is 3.27. The van der Waals surface area contributed by atoms with Gasteiger partial charge in [0.05, 0.1) is 11.6 Å². The predicted molar refractivity (Wildman–Crippen MR) is 75.1 cm³/mol. The Morgan fingerprint density at radius 3 is 2.55 bits per heavy atom. The number of hydrogen-bond acceptors (Lipinski definition) is 3. The first-order valence-electron chi connectivity index (χ1n) is 5.71. The fraction of sp³-hybridized carbons (Fsp3) is 0.0667. The zero-order valence-corrected chi connectivity index (χ0v) is 11.9. The van der Waals surface area contributed by atoms with E-state index in [0.29, 0.717) is 5.56 Å². The SMILES string of the molecule is N#Cc1ccc(OCC(=O)c2ccc(Br)cc2)c(F)c1. The van der Waals surface area contributed by atoms with Gasteiger partial charge in [-0.3, -0.25) is 4.79 Å². The highest BCUT2D eigenvalue weighted by Gasteiger charge is 2.09. The molecule has 100 valence electrons. The van der Waals surface area contributed by atoms with Gasteiger partial charge in [0.1, 0.15) is 0 Å². The number of Topliss-reactive ketones (excluding diaryl/α,β-unsaturated/α-hetero) is 1. The molecule has 0 spiro atoms. The number of nitrogens with zero attached hydrogens (tertiary/aromatic N) is 1. The fourth-order valence-corrected chi connectivity index (χ4v) is 1.81. The number of carbonyl (C=O) groups excluding carboxylic acids is 1. The van der Waals surface area contributed by atoms with Crippen LogP contribution in [0, 0.1) is 17.1 Å². The summed E-state index contributed by atoms with van der Waals surface area (Å²) in [6.07, 6.45) is 0. The standard InChI is InChI=1S/C15H9BrFNO2/c16-12-4-2-11(3-5-12)14(19)9-20-15-6-1-10(8-18)7-13(15)17/h1-7H,9H2. The minimum absolute atomic E-state index is 0.0468. The van der Waals surface area contributed by atoms with Crippen LogP contribution in [0.15, 0.2) is 46.9 Å². The number of rotatable bonds is 4. The molecule has 0 bridgehead atoms. The van der Waals surface area contributed by atoms with E-state index in [-0.39, 0.29) is 23.7 Å². The molecule has 0 aromatic heterocycles. The first-order chi connectivity index (χ1) is 9.60. The van der Waals surface area contributed by atoms with Crippen molar-refractivity contribution >= 4 is 21.7 Å². The maximum absolute atomic E-state index is 13.5. The largest absolute Gasteiger partial charge is 0.482 e. The number of ketones is 1. The van der Waals surface area contributed by atoms with Gasteiger partial charge >= 0.3 is 0 Å². The molecule has 2 aromatic rings. The molecule has 0 aliphatic heterocycles. The number of ether oxygens (including phenoxy) is 1. The molecule has 20 heavy (non-hydrogen) atoms. The van der Waals surface area contributed by atoms with Gasteiger partial charge in [0, 0.05) is 10.0 Å². The normalized spacial score (nSPS) is 9.85. The van der Waals surface area contributed by atoms with Crippen LogP contribution in [0.3, 0.4) is 0 Å². The van der Waals surface area contributed by atoms with Gasteiger partial charge in [-0.1, -0.05) is 28.1 Å². The monoisotopic (exact) mass is 333 g/mol. The molecule has 0 heterocycles. The van der Waals surface area contributed by atoms with Crippen LogP contribution in [0.5, 0.6) is 5.75 Å². The summed E-state index contributed by atoms with van der Waals surface area (Å²) in [6, 6.07) is 12.5. The second-order valence-corrected chi connectivity index (χ2v) is 4.89. The van der Waals surface area contributed by atoms with Crippen molar-refractivity contribution in [3.05, 3.63) is 63.9 Å². The van der Waals surface area contributed by atoms with Crippen LogP contribution >= 0.6 is 15.9 Å². The van der Waals surface area contributed by atoms with Crippen molar-refractivity contribution in [3.8, 4) is 11.8 Å². The van der Waals surface area contributed by atoms with Crippen LogP contribution in [-0.4, -0.2) is 12.4 Å². The van der Waals surface area contributed by atoms with E-state index in [2.05, 4.69) is 15.9 Å². The Bertz CT molecular complexity index is 677. The lowest BCUT2D eigenvalue weighted by Crippen LogP contribution is -2.12. The first-order valence-corrected chi connectivity index (χ1v) is 6.50. The van der Waals surface area contributed by atoms with Gasteiger partial charge in [-0.25, -0.2) is 4.39 Å². The lowest BCUT2D eigenvalue weighted by molar-refractivity contribution is 0.0919. The molecule has 0 saturated heterocycles. The summed E-state index contributed by atoms with van der Waals surface area (Å²) in [5.74, 6) is -0.955. The summed E-state index contributed by atoms with van der Waals surface area (Å²) in [5, 5.41) is 8.63. The van der Waals surface area contributed by atoms with Crippen molar-refractivity contribution in [1.82, 2.24) is 0 Å². The number of benzene rings is 2. The average Bonchev–Trinajstić information content (AvgIpc) is 2.46. The van der Waals surface area contributed by atoms with Crippen molar-refractivity contribution in [2.75, 3.05) is 6.61 Å².